The van der Waals surface area contributed by atoms with Gasteiger partial charge < -0.3 is 4.74 Å². The van der Waals surface area contributed by atoms with Gasteiger partial charge in [0.05, 0.1) is 7.11 Å². The molecule has 0 bridgehead atoms. The minimum atomic E-state index is -0.351. The summed E-state index contributed by atoms with van der Waals surface area (Å²) in [6, 6.07) is 7.88. The molecule has 0 saturated carbocycles. The fourth-order valence-electron chi connectivity index (χ4n) is 0.943. The molecule has 3 heteroatoms. The van der Waals surface area contributed by atoms with E-state index in [1.54, 1.807) is 12.2 Å². The van der Waals surface area contributed by atoms with Crippen LogP contribution in [0.4, 0.5) is 0 Å². The van der Waals surface area contributed by atoms with Crippen LogP contribution in [0.5, 0.6) is 0 Å². The van der Waals surface area contributed by atoms with Gasteiger partial charge in [0.2, 0.25) is 0 Å². The maximum Gasteiger partial charge on any atom is 0.330 e. The lowest BCUT2D eigenvalue weighted by Gasteiger charge is -1.92. The molecule has 0 aliphatic carbocycles. The van der Waals surface area contributed by atoms with Crippen molar-refractivity contribution >= 4 is 28.0 Å². The summed E-state index contributed by atoms with van der Waals surface area (Å²) >= 11 is 3.36. The zero-order valence-corrected chi connectivity index (χ0v) is 9.90. The van der Waals surface area contributed by atoms with Crippen molar-refractivity contribution in [1.29, 1.82) is 0 Å². The molecule has 0 aliphatic heterocycles. The van der Waals surface area contributed by atoms with E-state index in [-0.39, 0.29) is 5.97 Å². The molecule has 0 amide bonds. The molecule has 1 rings (SSSR count). The summed E-state index contributed by atoms with van der Waals surface area (Å²) in [6.45, 7) is 0. The second-order valence-corrected chi connectivity index (χ2v) is 3.71. The molecule has 0 spiro atoms. The van der Waals surface area contributed by atoms with Crippen molar-refractivity contribution in [2.75, 3.05) is 7.11 Å². The molecule has 0 atom stereocenters. The smallest absolute Gasteiger partial charge is 0.330 e. The van der Waals surface area contributed by atoms with Crippen LogP contribution in [-0.2, 0) is 9.53 Å². The van der Waals surface area contributed by atoms with Crippen LogP contribution < -0.4 is 0 Å². The van der Waals surface area contributed by atoms with Crippen molar-refractivity contribution in [2.45, 2.75) is 0 Å². The van der Waals surface area contributed by atoms with E-state index in [1.807, 2.05) is 30.3 Å². The number of carbonyl (C=O) groups is 1. The first-order valence-electron chi connectivity index (χ1n) is 4.40. The van der Waals surface area contributed by atoms with Gasteiger partial charge in [-0.25, -0.2) is 4.79 Å². The van der Waals surface area contributed by atoms with Crippen LogP contribution in [0.3, 0.4) is 0 Å². The van der Waals surface area contributed by atoms with Crippen molar-refractivity contribution in [3.05, 3.63) is 52.5 Å². The van der Waals surface area contributed by atoms with E-state index in [2.05, 4.69) is 20.7 Å². The molecule has 0 unspecified atom stereocenters. The number of esters is 1. The van der Waals surface area contributed by atoms with Gasteiger partial charge in [0.1, 0.15) is 0 Å². The minimum Gasteiger partial charge on any atom is -0.466 e. The summed E-state index contributed by atoms with van der Waals surface area (Å²) < 4.78 is 5.50. The van der Waals surface area contributed by atoms with Crippen molar-refractivity contribution in [3.8, 4) is 0 Å². The highest BCUT2D eigenvalue weighted by atomic mass is 79.9. The number of hydrogen-bond acceptors (Lipinski definition) is 2. The Hall–Kier alpha value is -1.35. The Morgan fingerprint density at radius 3 is 2.53 bits per heavy atom. The molecule has 0 heterocycles. The van der Waals surface area contributed by atoms with Crippen molar-refractivity contribution < 1.29 is 9.53 Å². The largest absolute Gasteiger partial charge is 0.466 e. The number of hydrogen-bond donors (Lipinski definition) is 0. The second-order valence-electron chi connectivity index (χ2n) is 2.79. The van der Waals surface area contributed by atoms with E-state index in [0.717, 1.165) is 10.0 Å². The summed E-state index contributed by atoms with van der Waals surface area (Å²) in [7, 11) is 1.35. The van der Waals surface area contributed by atoms with Crippen LogP contribution in [0.1, 0.15) is 5.56 Å². The zero-order valence-electron chi connectivity index (χ0n) is 8.31. The first kappa shape index (κ1) is 11.7. The second kappa shape index (κ2) is 6.19. The topological polar surface area (TPSA) is 26.3 Å². The number of rotatable bonds is 3. The first-order chi connectivity index (χ1) is 7.22. The number of allylic oxidation sites excluding steroid dienone is 2. The van der Waals surface area contributed by atoms with Crippen LogP contribution in [0.2, 0.25) is 0 Å². The molecule has 0 saturated heterocycles. The van der Waals surface area contributed by atoms with E-state index in [9.17, 15) is 4.79 Å². The minimum absolute atomic E-state index is 0.351. The molecule has 15 heavy (non-hydrogen) atoms. The Morgan fingerprint density at radius 1 is 1.27 bits per heavy atom. The third-order valence-electron chi connectivity index (χ3n) is 1.70. The van der Waals surface area contributed by atoms with Crippen LogP contribution in [0.25, 0.3) is 6.08 Å². The molecule has 0 aliphatic rings. The van der Waals surface area contributed by atoms with Crippen LogP contribution in [0, 0.1) is 0 Å². The third-order valence-corrected chi connectivity index (χ3v) is 2.23. The number of halogens is 1. The molecule has 0 N–H and O–H groups in total. The standard InChI is InChI=1S/C12H11BrO2/c1-15-12(14)5-3-2-4-10-6-8-11(13)9-7-10/h2-9H,1H3/b4-2+,5-3-. The van der Waals surface area contributed by atoms with Gasteiger partial charge in [-0.2, -0.15) is 0 Å². The molecule has 0 radical (unpaired) electrons. The molecule has 1 aromatic carbocycles. The van der Waals surface area contributed by atoms with Crippen molar-refractivity contribution in [3.63, 3.8) is 0 Å². The highest BCUT2D eigenvalue weighted by molar-refractivity contribution is 9.10. The molecule has 78 valence electrons. The quantitative estimate of drug-likeness (QED) is 0.477. The van der Waals surface area contributed by atoms with Crippen LogP contribution in [0.15, 0.2) is 47.0 Å². The van der Waals surface area contributed by atoms with Gasteiger partial charge in [-0.15, -0.1) is 0 Å². The maximum absolute atomic E-state index is 10.7. The number of methoxy groups -OCH3 is 1. The van der Waals surface area contributed by atoms with Gasteiger partial charge in [-0.05, 0) is 17.7 Å². The van der Waals surface area contributed by atoms with Gasteiger partial charge in [0, 0.05) is 10.5 Å². The molecule has 0 aromatic heterocycles. The Kier molecular flexibility index (Phi) is 4.84. The lowest BCUT2D eigenvalue weighted by Crippen LogP contribution is -1.92. The average Bonchev–Trinajstić information content (AvgIpc) is 2.26. The first-order valence-corrected chi connectivity index (χ1v) is 5.20. The highest BCUT2D eigenvalue weighted by Crippen LogP contribution is 2.11. The lowest BCUT2D eigenvalue weighted by atomic mass is 10.2. The monoisotopic (exact) mass is 266 g/mol. The molecule has 2 nitrogen and oxygen atoms in total. The summed E-state index contributed by atoms with van der Waals surface area (Å²) in [5.74, 6) is -0.351. The van der Waals surface area contributed by atoms with Crippen molar-refractivity contribution in [1.82, 2.24) is 0 Å². The van der Waals surface area contributed by atoms with Crippen molar-refractivity contribution in [2.24, 2.45) is 0 Å². The molecular weight excluding hydrogens is 256 g/mol. The fourth-order valence-corrected chi connectivity index (χ4v) is 1.21. The Bertz CT molecular complexity index is 377. The van der Waals surface area contributed by atoms with Crippen LogP contribution >= 0.6 is 15.9 Å². The summed E-state index contributed by atoms with van der Waals surface area (Å²) in [5.41, 5.74) is 1.08. The molecular formula is C12H11BrO2. The van der Waals surface area contributed by atoms with Gasteiger partial charge >= 0.3 is 5.97 Å². The van der Waals surface area contributed by atoms with E-state index in [4.69, 9.17) is 0 Å². The third kappa shape index (κ3) is 4.61. The maximum atomic E-state index is 10.7. The Labute approximate surface area is 97.4 Å². The number of benzene rings is 1. The lowest BCUT2D eigenvalue weighted by molar-refractivity contribution is -0.134. The normalized spacial score (nSPS) is 11.1. The van der Waals surface area contributed by atoms with E-state index in [0.29, 0.717) is 0 Å². The number of ether oxygens (including phenoxy) is 1. The van der Waals surface area contributed by atoms with Gasteiger partial charge in [-0.1, -0.05) is 46.3 Å². The van der Waals surface area contributed by atoms with E-state index >= 15 is 0 Å². The van der Waals surface area contributed by atoms with Gasteiger partial charge in [0.15, 0.2) is 0 Å². The van der Waals surface area contributed by atoms with Crippen LogP contribution in [-0.4, -0.2) is 13.1 Å². The molecule has 0 fully saturated rings. The van der Waals surface area contributed by atoms with Gasteiger partial charge in [-0.3, -0.25) is 0 Å². The Morgan fingerprint density at radius 2 is 1.93 bits per heavy atom. The predicted molar refractivity (Wildman–Crippen MR) is 64.3 cm³/mol. The van der Waals surface area contributed by atoms with Gasteiger partial charge in [0.25, 0.3) is 0 Å². The van der Waals surface area contributed by atoms with E-state index < -0.39 is 0 Å². The highest BCUT2D eigenvalue weighted by Gasteiger charge is 1.88. The summed E-state index contributed by atoms with van der Waals surface area (Å²) in [4.78, 5) is 10.7. The fraction of sp³-hybridized carbons (Fsp3) is 0.0833. The SMILES string of the molecule is COC(=O)/C=C\C=C\c1ccc(Br)cc1. The summed E-state index contributed by atoms with van der Waals surface area (Å²) in [5, 5.41) is 0. The summed E-state index contributed by atoms with van der Waals surface area (Å²) in [6.07, 6.45) is 6.72. The zero-order chi connectivity index (χ0) is 11.1. The average molecular weight is 267 g/mol. The van der Waals surface area contributed by atoms with E-state index in [1.165, 1.54) is 13.2 Å². The molecule has 1 aromatic rings. The Balaban J connectivity index is 2.55. The number of carbonyl (C=O) groups excluding carboxylic acids is 1. The predicted octanol–water partition coefficient (Wildman–Crippen LogP) is 3.19.